The molecule has 1 heterocycles. The molecule has 7 heteroatoms. The van der Waals surface area contributed by atoms with Crippen molar-refractivity contribution in [1.82, 2.24) is 4.98 Å². The Bertz CT molecular complexity index is 731. The lowest BCUT2D eigenvalue weighted by atomic mass is 10.1. The van der Waals surface area contributed by atoms with Crippen LogP contribution in [0.5, 0.6) is 0 Å². The van der Waals surface area contributed by atoms with E-state index in [4.69, 9.17) is 0 Å². The van der Waals surface area contributed by atoms with Crippen molar-refractivity contribution in [1.29, 1.82) is 0 Å². The van der Waals surface area contributed by atoms with Crippen LogP contribution < -0.4 is 5.32 Å². The number of nitro benzene ring substituents is 1. The lowest BCUT2D eigenvalue weighted by Gasteiger charge is -2.09. The second-order valence-electron chi connectivity index (χ2n) is 4.51. The fourth-order valence-corrected chi connectivity index (χ4v) is 2.24. The van der Waals surface area contributed by atoms with E-state index in [0.717, 1.165) is 5.56 Å². The van der Waals surface area contributed by atoms with Crippen LogP contribution in [0.15, 0.2) is 34.9 Å². The van der Waals surface area contributed by atoms with Crippen LogP contribution in [0.25, 0.3) is 0 Å². The van der Waals surface area contributed by atoms with Crippen LogP contribution in [0.4, 0.5) is 11.4 Å². The highest BCUT2D eigenvalue weighted by Crippen LogP contribution is 2.26. The fraction of sp³-hybridized carbons (Fsp3) is 0.143. The van der Waals surface area contributed by atoms with Gasteiger partial charge in [-0.15, -0.1) is 0 Å². The Morgan fingerprint density at radius 3 is 2.62 bits per heavy atom. The Labute approximate surface area is 129 Å². The number of hydrogen-bond donors (Lipinski definition) is 1. The van der Waals surface area contributed by atoms with E-state index in [-0.39, 0.29) is 11.4 Å². The molecule has 0 bridgehead atoms. The molecule has 0 saturated carbocycles. The van der Waals surface area contributed by atoms with Gasteiger partial charge in [0.05, 0.1) is 10.6 Å². The summed E-state index contributed by atoms with van der Waals surface area (Å²) in [4.78, 5) is 26.7. The number of aromatic nitrogens is 1. The van der Waals surface area contributed by atoms with Gasteiger partial charge in [-0.25, -0.2) is 4.98 Å². The van der Waals surface area contributed by atoms with Crippen LogP contribution >= 0.6 is 15.9 Å². The summed E-state index contributed by atoms with van der Waals surface area (Å²) >= 11 is 3.19. The van der Waals surface area contributed by atoms with Gasteiger partial charge in [-0.1, -0.05) is 6.07 Å². The lowest BCUT2D eigenvalue weighted by Crippen LogP contribution is -2.14. The van der Waals surface area contributed by atoms with E-state index in [1.54, 1.807) is 38.1 Å². The van der Waals surface area contributed by atoms with Gasteiger partial charge < -0.3 is 5.32 Å². The minimum atomic E-state index is -0.470. The first-order valence-corrected chi connectivity index (χ1v) is 6.87. The number of halogens is 1. The highest BCUT2D eigenvalue weighted by atomic mass is 79.9. The average Bonchev–Trinajstić information content (AvgIpc) is 2.41. The summed E-state index contributed by atoms with van der Waals surface area (Å²) in [6.07, 6.45) is 0. The number of rotatable bonds is 3. The smallest absolute Gasteiger partial charge is 0.274 e. The molecule has 1 N–H and O–H groups in total. The van der Waals surface area contributed by atoms with E-state index in [2.05, 4.69) is 26.2 Å². The van der Waals surface area contributed by atoms with Gasteiger partial charge in [-0.3, -0.25) is 14.9 Å². The molecule has 108 valence electrons. The van der Waals surface area contributed by atoms with Gasteiger partial charge in [-0.05, 0) is 53.5 Å². The lowest BCUT2D eigenvalue weighted by molar-refractivity contribution is -0.385. The van der Waals surface area contributed by atoms with Gasteiger partial charge in [-0.2, -0.15) is 0 Å². The Morgan fingerprint density at radius 2 is 2.00 bits per heavy atom. The van der Waals surface area contributed by atoms with Crippen molar-refractivity contribution in [3.8, 4) is 0 Å². The zero-order valence-electron chi connectivity index (χ0n) is 11.4. The van der Waals surface area contributed by atoms with Crippen molar-refractivity contribution in [3.05, 3.63) is 61.9 Å². The summed E-state index contributed by atoms with van der Waals surface area (Å²) in [6, 6.07) is 8.00. The standard InChI is InChI=1S/C14H12BrN3O3/c1-8-6-9(2)12(18(20)21)7-11(8)17-14(19)10-4-3-5-13(15)16-10/h3-7H,1-2H3,(H,17,19). The van der Waals surface area contributed by atoms with Crippen molar-refractivity contribution in [2.24, 2.45) is 0 Å². The Hall–Kier alpha value is -2.28. The highest BCUT2D eigenvalue weighted by Gasteiger charge is 2.16. The molecule has 0 radical (unpaired) electrons. The van der Waals surface area contributed by atoms with Crippen LogP contribution in [0.2, 0.25) is 0 Å². The summed E-state index contributed by atoms with van der Waals surface area (Å²) in [5.74, 6) is -0.419. The Balaban J connectivity index is 2.33. The highest BCUT2D eigenvalue weighted by molar-refractivity contribution is 9.10. The molecule has 0 aliphatic rings. The molecule has 6 nitrogen and oxygen atoms in total. The number of carbonyl (C=O) groups excluding carboxylic acids is 1. The maximum absolute atomic E-state index is 12.1. The van der Waals surface area contributed by atoms with Crippen LogP contribution in [0, 0.1) is 24.0 Å². The minimum Gasteiger partial charge on any atom is -0.320 e. The van der Waals surface area contributed by atoms with Crippen LogP contribution in [-0.4, -0.2) is 15.8 Å². The SMILES string of the molecule is Cc1cc(C)c([N+](=O)[O-])cc1NC(=O)c1cccc(Br)n1. The maximum Gasteiger partial charge on any atom is 0.274 e. The minimum absolute atomic E-state index is 0.0295. The predicted molar refractivity (Wildman–Crippen MR) is 82.5 cm³/mol. The van der Waals surface area contributed by atoms with Crippen LogP contribution in [0.3, 0.4) is 0 Å². The van der Waals surface area contributed by atoms with Gasteiger partial charge in [0, 0.05) is 11.6 Å². The quantitative estimate of drug-likeness (QED) is 0.520. The van der Waals surface area contributed by atoms with Crippen LogP contribution in [0.1, 0.15) is 21.6 Å². The Kier molecular flexibility index (Phi) is 4.32. The summed E-state index contributed by atoms with van der Waals surface area (Å²) < 4.78 is 0.543. The van der Waals surface area contributed by atoms with Crippen molar-refractivity contribution in [3.63, 3.8) is 0 Å². The third-order valence-electron chi connectivity index (χ3n) is 2.94. The van der Waals surface area contributed by atoms with Gasteiger partial charge in [0.25, 0.3) is 11.6 Å². The van der Waals surface area contributed by atoms with Gasteiger partial charge in [0.1, 0.15) is 10.3 Å². The number of nitro groups is 1. The first-order valence-electron chi connectivity index (χ1n) is 6.08. The maximum atomic E-state index is 12.1. The number of benzene rings is 1. The number of nitrogens with zero attached hydrogens (tertiary/aromatic N) is 2. The molecule has 0 aliphatic carbocycles. The summed E-state index contributed by atoms with van der Waals surface area (Å²) in [6.45, 7) is 3.44. The van der Waals surface area contributed by atoms with Crippen molar-refractivity contribution in [2.45, 2.75) is 13.8 Å². The molecular formula is C14H12BrN3O3. The molecule has 1 amide bonds. The molecule has 0 fully saturated rings. The molecule has 0 saturated heterocycles. The van der Waals surface area contributed by atoms with E-state index >= 15 is 0 Å². The number of hydrogen-bond acceptors (Lipinski definition) is 4. The Morgan fingerprint density at radius 1 is 1.29 bits per heavy atom. The number of anilines is 1. The monoisotopic (exact) mass is 349 g/mol. The molecule has 21 heavy (non-hydrogen) atoms. The topological polar surface area (TPSA) is 85.1 Å². The second kappa shape index (κ2) is 6.01. The van der Waals surface area contributed by atoms with E-state index in [1.807, 2.05) is 0 Å². The largest absolute Gasteiger partial charge is 0.320 e. The normalized spacial score (nSPS) is 10.2. The molecule has 1 aromatic carbocycles. The number of aryl methyl sites for hydroxylation is 2. The van der Waals surface area contributed by atoms with Crippen molar-refractivity contribution in [2.75, 3.05) is 5.32 Å². The van der Waals surface area contributed by atoms with Crippen LogP contribution in [-0.2, 0) is 0 Å². The van der Waals surface area contributed by atoms with Crippen molar-refractivity contribution >= 4 is 33.2 Å². The van der Waals surface area contributed by atoms with E-state index in [0.29, 0.717) is 15.9 Å². The molecule has 0 atom stereocenters. The average molecular weight is 350 g/mol. The summed E-state index contributed by atoms with van der Waals surface area (Å²) in [5, 5.41) is 13.6. The molecule has 1 aromatic heterocycles. The predicted octanol–water partition coefficient (Wildman–Crippen LogP) is 3.62. The van der Waals surface area contributed by atoms with E-state index < -0.39 is 10.8 Å². The zero-order valence-corrected chi connectivity index (χ0v) is 13.0. The first-order chi connectivity index (χ1) is 9.88. The third kappa shape index (κ3) is 3.43. The fourth-order valence-electron chi connectivity index (χ4n) is 1.89. The molecular weight excluding hydrogens is 338 g/mol. The van der Waals surface area contributed by atoms with Gasteiger partial charge in [0.15, 0.2) is 0 Å². The molecule has 2 aromatic rings. The second-order valence-corrected chi connectivity index (χ2v) is 5.32. The molecule has 2 rings (SSSR count). The van der Waals surface area contributed by atoms with Gasteiger partial charge >= 0.3 is 0 Å². The molecule has 0 aliphatic heterocycles. The zero-order chi connectivity index (χ0) is 15.6. The molecule has 0 spiro atoms. The number of amides is 1. The number of nitrogens with one attached hydrogen (secondary N) is 1. The summed E-state index contributed by atoms with van der Waals surface area (Å²) in [7, 11) is 0. The third-order valence-corrected chi connectivity index (χ3v) is 3.38. The molecule has 0 unspecified atom stereocenters. The first kappa shape index (κ1) is 15.1. The number of carbonyl (C=O) groups is 1. The van der Waals surface area contributed by atoms with E-state index in [1.165, 1.54) is 6.07 Å². The summed E-state index contributed by atoms with van der Waals surface area (Å²) in [5.41, 5.74) is 1.90. The van der Waals surface area contributed by atoms with E-state index in [9.17, 15) is 14.9 Å². The number of pyridine rings is 1. The van der Waals surface area contributed by atoms with Crippen molar-refractivity contribution < 1.29 is 9.72 Å². The van der Waals surface area contributed by atoms with Gasteiger partial charge in [0.2, 0.25) is 0 Å².